The van der Waals surface area contributed by atoms with E-state index in [1.807, 2.05) is 6.07 Å². The van der Waals surface area contributed by atoms with E-state index in [1.165, 1.54) is 23.5 Å². The van der Waals surface area contributed by atoms with Crippen LogP contribution >= 0.6 is 11.3 Å². The number of nitro groups is 1. The van der Waals surface area contributed by atoms with E-state index in [2.05, 4.69) is 10.9 Å². The van der Waals surface area contributed by atoms with Crippen molar-refractivity contribution in [3.8, 4) is 18.1 Å². The monoisotopic (exact) mass is 367 g/mol. The van der Waals surface area contributed by atoms with E-state index in [1.54, 1.807) is 34.9 Å². The molecule has 0 fully saturated rings. The van der Waals surface area contributed by atoms with E-state index in [0.29, 0.717) is 16.1 Å². The zero-order valence-electron chi connectivity index (χ0n) is 13.5. The Balaban J connectivity index is 1.93. The Hall–Kier alpha value is -3.44. The largest absolute Gasteiger partial charge is 0.484 e. The van der Waals surface area contributed by atoms with Gasteiger partial charge in [0.1, 0.15) is 5.75 Å². The molecular formula is C18H13N3O4S. The Kier molecular flexibility index (Phi) is 5.10. The zero-order chi connectivity index (χ0) is 18.5. The molecular weight excluding hydrogens is 354 g/mol. The van der Waals surface area contributed by atoms with Gasteiger partial charge in [-0.05, 0) is 18.2 Å². The molecule has 1 heterocycles. The van der Waals surface area contributed by atoms with Crippen molar-refractivity contribution in [3.05, 3.63) is 63.4 Å². The average Bonchev–Trinajstić information content (AvgIpc) is 2.97. The molecule has 3 aromatic rings. The van der Waals surface area contributed by atoms with E-state index in [-0.39, 0.29) is 18.8 Å². The Labute approximate surface area is 152 Å². The average molecular weight is 367 g/mol. The third kappa shape index (κ3) is 3.79. The number of carbonyl (C=O) groups is 1. The summed E-state index contributed by atoms with van der Waals surface area (Å²) in [5.41, 5.74) is 0.518. The van der Waals surface area contributed by atoms with Gasteiger partial charge in [-0.25, -0.2) is 0 Å². The molecule has 0 saturated carbocycles. The van der Waals surface area contributed by atoms with Crippen molar-refractivity contribution in [2.75, 3.05) is 6.61 Å². The maximum absolute atomic E-state index is 12.1. The smallest absolute Gasteiger partial charge is 0.286 e. The molecule has 0 aliphatic heterocycles. The van der Waals surface area contributed by atoms with Crippen LogP contribution in [-0.4, -0.2) is 22.0 Å². The Morgan fingerprint density at radius 3 is 2.77 bits per heavy atom. The van der Waals surface area contributed by atoms with Crippen LogP contribution in [0, 0.1) is 22.5 Å². The predicted molar refractivity (Wildman–Crippen MR) is 97.8 cm³/mol. The minimum absolute atomic E-state index is 0.0497. The lowest BCUT2D eigenvalue weighted by Gasteiger charge is -2.02. The normalized spacial score (nSPS) is 11.3. The lowest BCUT2D eigenvalue weighted by Crippen LogP contribution is -2.19. The van der Waals surface area contributed by atoms with Crippen LogP contribution in [0.25, 0.3) is 10.2 Å². The highest BCUT2D eigenvalue weighted by Gasteiger charge is 2.12. The number of rotatable bonds is 5. The van der Waals surface area contributed by atoms with E-state index in [9.17, 15) is 14.9 Å². The molecule has 0 aliphatic carbocycles. The first-order chi connectivity index (χ1) is 12.6. The van der Waals surface area contributed by atoms with E-state index in [4.69, 9.17) is 11.2 Å². The SMILES string of the molecule is C#CCn1c(=NC(=O)COc2ccccc2)sc2ccc([N+](=O)[O-])cc21. The molecule has 1 amide bonds. The van der Waals surface area contributed by atoms with Gasteiger partial charge in [0.25, 0.3) is 11.6 Å². The second-order valence-electron chi connectivity index (χ2n) is 5.19. The molecule has 1 aromatic heterocycles. The minimum Gasteiger partial charge on any atom is -0.484 e. The van der Waals surface area contributed by atoms with Gasteiger partial charge in [-0.3, -0.25) is 14.9 Å². The summed E-state index contributed by atoms with van der Waals surface area (Å²) in [6.45, 7) is -0.0682. The molecule has 7 nitrogen and oxygen atoms in total. The van der Waals surface area contributed by atoms with Crippen molar-refractivity contribution >= 4 is 33.1 Å². The Morgan fingerprint density at radius 2 is 2.08 bits per heavy atom. The number of hydrogen-bond acceptors (Lipinski definition) is 5. The first kappa shape index (κ1) is 17.4. The molecule has 26 heavy (non-hydrogen) atoms. The lowest BCUT2D eigenvalue weighted by molar-refractivity contribution is -0.384. The minimum atomic E-state index is -0.479. The number of thiazole rings is 1. The van der Waals surface area contributed by atoms with Crippen molar-refractivity contribution in [3.63, 3.8) is 0 Å². The van der Waals surface area contributed by atoms with Gasteiger partial charge in [0, 0.05) is 12.1 Å². The molecule has 2 aromatic carbocycles. The number of hydrogen-bond donors (Lipinski definition) is 0. The van der Waals surface area contributed by atoms with Crippen LogP contribution in [0.3, 0.4) is 0 Å². The highest BCUT2D eigenvalue weighted by atomic mass is 32.1. The fraction of sp³-hybridized carbons (Fsp3) is 0.111. The van der Waals surface area contributed by atoms with Crippen LogP contribution in [0.5, 0.6) is 5.75 Å². The molecule has 0 N–H and O–H groups in total. The number of aromatic nitrogens is 1. The van der Waals surface area contributed by atoms with Gasteiger partial charge in [0.2, 0.25) is 0 Å². The number of terminal acetylenes is 1. The summed E-state index contributed by atoms with van der Waals surface area (Å²) < 4.78 is 7.74. The van der Waals surface area contributed by atoms with Crippen LogP contribution < -0.4 is 9.54 Å². The van der Waals surface area contributed by atoms with Crippen LogP contribution in [-0.2, 0) is 11.3 Å². The first-order valence-corrected chi connectivity index (χ1v) is 8.37. The molecule has 0 unspecified atom stereocenters. The maximum atomic E-state index is 12.1. The number of benzene rings is 2. The van der Waals surface area contributed by atoms with Gasteiger partial charge in [-0.15, -0.1) is 6.42 Å². The van der Waals surface area contributed by atoms with Crippen LogP contribution in [0.15, 0.2) is 53.5 Å². The second-order valence-corrected chi connectivity index (χ2v) is 6.20. The topological polar surface area (TPSA) is 86.7 Å². The highest BCUT2D eigenvalue weighted by Crippen LogP contribution is 2.23. The van der Waals surface area contributed by atoms with Gasteiger partial charge in [-0.2, -0.15) is 4.99 Å². The molecule has 0 bridgehead atoms. The summed E-state index contributed by atoms with van der Waals surface area (Å²) in [6, 6.07) is 13.4. The summed E-state index contributed by atoms with van der Waals surface area (Å²) in [5.74, 6) is 2.58. The van der Waals surface area contributed by atoms with Crippen molar-refractivity contribution in [2.45, 2.75) is 6.54 Å². The summed E-state index contributed by atoms with van der Waals surface area (Å²) >= 11 is 1.24. The molecule has 0 spiro atoms. The Bertz CT molecular complexity index is 1080. The Morgan fingerprint density at radius 1 is 1.31 bits per heavy atom. The van der Waals surface area contributed by atoms with Crippen LogP contribution in [0.4, 0.5) is 5.69 Å². The molecule has 0 aliphatic rings. The number of carbonyl (C=O) groups excluding carboxylic acids is 1. The standard InChI is InChI=1S/C18H13N3O4S/c1-2-10-20-15-11-13(21(23)24)8-9-16(15)26-18(20)19-17(22)12-25-14-6-4-3-5-7-14/h1,3-9,11H,10,12H2. The second kappa shape index (κ2) is 7.63. The lowest BCUT2D eigenvalue weighted by atomic mass is 10.3. The maximum Gasteiger partial charge on any atom is 0.286 e. The number of ether oxygens (including phenoxy) is 1. The third-order valence-electron chi connectivity index (χ3n) is 3.45. The molecule has 0 atom stereocenters. The molecule has 8 heteroatoms. The number of nitrogens with zero attached hydrogens (tertiary/aromatic N) is 3. The quantitative estimate of drug-likeness (QED) is 0.394. The van der Waals surface area contributed by atoms with Gasteiger partial charge in [0.05, 0.1) is 21.7 Å². The number of nitro benzene ring substituents is 1. The highest BCUT2D eigenvalue weighted by molar-refractivity contribution is 7.16. The number of amides is 1. The summed E-state index contributed by atoms with van der Waals surface area (Å²) in [7, 11) is 0. The van der Waals surface area contributed by atoms with Crippen LogP contribution in [0.2, 0.25) is 0 Å². The predicted octanol–water partition coefficient (Wildman–Crippen LogP) is 2.75. The molecule has 0 saturated heterocycles. The zero-order valence-corrected chi connectivity index (χ0v) is 14.3. The molecule has 130 valence electrons. The van der Waals surface area contributed by atoms with Gasteiger partial charge < -0.3 is 9.30 Å². The number of fused-ring (bicyclic) bond motifs is 1. The van der Waals surface area contributed by atoms with E-state index < -0.39 is 10.8 Å². The molecule has 0 radical (unpaired) electrons. The van der Waals surface area contributed by atoms with Crippen molar-refractivity contribution in [1.82, 2.24) is 4.57 Å². The third-order valence-corrected chi connectivity index (χ3v) is 4.51. The van der Waals surface area contributed by atoms with Crippen molar-refractivity contribution < 1.29 is 14.5 Å². The fourth-order valence-electron chi connectivity index (χ4n) is 2.30. The number of para-hydroxylation sites is 1. The van der Waals surface area contributed by atoms with Crippen LogP contribution in [0.1, 0.15) is 0 Å². The fourth-order valence-corrected chi connectivity index (χ4v) is 3.33. The summed E-state index contributed by atoms with van der Waals surface area (Å²) in [6.07, 6.45) is 5.39. The van der Waals surface area contributed by atoms with Gasteiger partial charge in [0.15, 0.2) is 11.4 Å². The van der Waals surface area contributed by atoms with Crippen molar-refractivity contribution in [2.24, 2.45) is 4.99 Å². The summed E-state index contributed by atoms with van der Waals surface area (Å²) in [5, 5.41) is 11.0. The van der Waals surface area contributed by atoms with Crippen molar-refractivity contribution in [1.29, 1.82) is 0 Å². The first-order valence-electron chi connectivity index (χ1n) is 7.55. The van der Waals surface area contributed by atoms with E-state index in [0.717, 1.165) is 4.70 Å². The van der Waals surface area contributed by atoms with Gasteiger partial charge >= 0.3 is 0 Å². The van der Waals surface area contributed by atoms with Gasteiger partial charge in [-0.1, -0.05) is 35.5 Å². The number of non-ortho nitro benzene ring substituents is 1. The van der Waals surface area contributed by atoms with E-state index >= 15 is 0 Å². The molecule has 3 rings (SSSR count). The summed E-state index contributed by atoms with van der Waals surface area (Å²) in [4.78, 5) is 27.1.